The van der Waals surface area contributed by atoms with E-state index in [9.17, 15) is 18.0 Å². The van der Waals surface area contributed by atoms with Gasteiger partial charge in [0.1, 0.15) is 6.04 Å². The maximum Gasteiger partial charge on any atom is 0.259 e. The Morgan fingerprint density at radius 3 is 2.44 bits per heavy atom. The number of anilines is 2. The minimum absolute atomic E-state index is 0.0691. The second-order valence-corrected chi connectivity index (χ2v) is 8.83. The van der Waals surface area contributed by atoms with E-state index < -0.39 is 15.9 Å². The summed E-state index contributed by atoms with van der Waals surface area (Å²) in [7, 11) is -3.43. The highest BCUT2D eigenvalue weighted by atomic mass is 32.2. The van der Waals surface area contributed by atoms with E-state index in [1.807, 2.05) is 19.9 Å². The number of rotatable bonds is 4. The molecule has 0 saturated carbocycles. The van der Waals surface area contributed by atoms with Gasteiger partial charge < -0.3 is 5.32 Å². The van der Waals surface area contributed by atoms with Crippen molar-refractivity contribution in [2.24, 2.45) is 5.92 Å². The van der Waals surface area contributed by atoms with Crippen LogP contribution in [0.1, 0.15) is 30.6 Å². The average molecular weight is 386 g/mol. The van der Waals surface area contributed by atoms with E-state index >= 15 is 0 Å². The minimum atomic E-state index is -3.43. The summed E-state index contributed by atoms with van der Waals surface area (Å²) in [5.41, 5.74) is 1.30. The smallest absolute Gasteiger partial charge is 0.259 e. The third kappa shape index (κ3) is 3.60. The molecule has 0 fully saturated rings. The molecular formula is C20H22N2O4S. The number of amides is 2. The van der Waals surface area contributed by atoms with E-state index in [4.69, 9.17) is 0 Å². The van der Waals surface area contributed by atoms with Crippen molar-refractivity contribution in [3.05, 3.63) is 54.1 Å². The second kappa shape index (κ2) is 7.15. The molecule has 0 radical (unpaired) electrons. The molecule has 1 aliphatic heterocycles. The van der Waals surface area contributed by atoms with Crippen LogP contribution in [0.4, 0.5) is 11.4 Å². The maximum atomic E-state index is 13.2. The highest BCUT2D eigenvalue weighted by Gasteiger charge is 2.40. The quantitative estimate of drug-likeness (QED) is 0.875. The van der Waals surface area contributed by atoms with Crippen LogP contribution in [0.25, 0.3) is 0 Å². The van der Waals surface area contributed by atoms with Gasteiger partial charge in [-0.05, 0) is 36.2 Å². The first-order valence-electron chi connectivity index (χ1n) is 8.77. The Kier molecular flexibility index (Phi) is 5.06. The molecule has 0 bridgehead atoms. The van der Waals surface area contributed by atoms with Crippen molar-refractivity contribution in [1.82, 2.24) is 0 Å². The third-order valence-electron chi connectivity index (χ3n) is 4.88. The fourth-order valence-electron chi connectivity index (χ4n) is 3.22. The summed E-state index contributed by atoms with van der Waals surface area (Å²) in [6.07, 6.45) is 1.82. The molecule has 142 valence electrons. The van der Waals surface area contributed by atoms with Crippen LogP contribution >= 0.6 is 0 Å². The van der Waals surface area contributed by atoms with Crippen LogP contribution < -0.4 is 10.2 Å². The molecule has 1 heterocycles. The predicted octanol–water partition coefficient (Wildman–Crippen LogP) is 3.10. The zero-order valence-corrected chi connectivity index (χ0v) is 16.3. The fraction of sp³-hybridized carbons (Fsp3) is 0.300. The van der Waals surface area contributed by atoms with E-state index in [1.54, 1.807) is 30.3 Å². The van der Waals surface area contributed by atoms with Crippen LogP contribution in [0.15, 0.2) is 53.4 Å². The Balaban J connectivity index is 2.17. The van der Waals surface area contributed by atoms with Crippen LogP contribution in [-0.2, 0) is 14.6 Å². The second-order valence-electron chi connectivity index (χ2n) is 6.81. The number of nitrogens with zero attached hydrogens (tertiary/aromatic N) is 1. The topological polar surface area (TPSA) is 83.6 Å². The van der Waals surface area contributed by atoms with Gasteiger partial charge in [0.2, 0.25) is 5.91 Å². The van der Waals surface area contributed by atoms with Crippen molar-refractivity contribution in [2.45, 2.75) is 31.2 Å². The third-order valence-corrected chi connectivity index (χ3v) is 5.99. The molecule has 0 saturated heterocycles. The molecule has 2 aromatic carbocycles. The number of fused-ring (bicyclic) bond motifs is 1. The predicted molar refractivity (Wildman–Crippen MR) is 105 cm³/mol. The number of hydrogen-bond acceptors (Lipinski definition) is 4. The largest absolute Gasteiger partial charge is 0.322 e. The zero-order chi connectivity index (χ0) is 19.8. The fourth-order valence-corrected chi connectivity index (χ4v) is 3.87. The van der Waals surface area contributed by atoms with Gasteiger partial charge >= 0.3 is 0 Å². The standard InChI is InChI=1S/C20H22N2O4S/c1-4-13(2)18-19(23)21-16-12-15(27(3,25)26)10-11-17(16)22(18)20(24)14-8-6-5-7-9-14/h5-13,18H,4H2,1-3H3,(H,21,23)/t13-,18-/m0/s1. The van der Waals surface area contributed by atoms with E-state index in [0.717, 1.165) is 6.26 Å². The molecule has 27 heavy (non-hydrogen) atoms. The zero-order valence-electron chi connectivity index (χ0n) is 15.5. The first-order chi connectivity index (χ1) is 12.7. The van der Waals surface area contributed by atoms with E-state index in [-0.39, 0.29) is 22.6 Å². The van der Waals surface area contributed by atoms with Crippen LogP contribution in [-0.4, -0.2) is 32.5 Å². The maximum absolute atomic E-state index is 13.2. The molecule has 7 heteroatoms. The minimum Gasteiger partial charge on any atom is -0.322 e. The van der Waals surface area contributed by atoms with Gasteiger partial charge in [-0.2, -0.15) is 0 Å². The van der Waals surface area contributed by atoms with Gasteiger partial charge in [0.15, 0.2) is 9.84 Å². The lowest BCUT2D eigenvalue weighted by Crippen LogP contribution is -2.54. The van der Waals surface area contributed by atoms with Crippen LogP contribution in [0, 0.1) is 5.92 Å². The molecule has 0 spiro atoms. The summed E-state index contributed by atoms with van der Waals surface area (Å²) < 4.78 is 23.7. The van der Waals surface area contributed by atoms with Gasteiger partial charge in [0, 0.05) is 11.8 Å². The van der Waals surface area contributed by atoms with Gasteiger partial charge in [-0.1, -0.05) is 38.5 Å². The van der Waals surface area contributed by atoms with Crippen molar-refractivity contribution < 1.29 is 18.0 Å². The molecule has 0 aliphatic carbocycles. The number of hydrogen-bond donors (Lipinski definition) is 1. The molecular weight excluding hydrogens is 364 g/mol. The Bertz CT molecular complexity index is 986. The van der Waals surface area contributed by atoms with Gasteiger partial charge in [-0.15, -0.1) is 0 Å². The summed E-state index contributed by atoms with van der Waals surface area (Å²) in [4.78, 5) is 27.6. The molecule has 0 aromatic heterocycles. The lowest BCUT2D eigenvalue weighted by molar-refractivity contribution is -0.118. The summed E-state index contributed by atoms with van der Waals surface area (Å²) in [5, 5.41) is 2.78. The highest BCUT2D eigenvalue weighted by molar-refractivity contribution is 7.90. The SMILES string of the molecule is CC[C@H](C)[C@H]1C(=O)Nc2cc(S(C)(=O)=O)ccc2N1C(=O)c1ccccc1. The number of carbonyl (C=O) groups is 2. The average Bonchev–Trinajstić information content (AvgIpc) is 2.65. The molecule has 2 amide bonds. The molecule has 1 N–H and O–H groups in total. The Labute approximate surface area is 159 Å². The lowest BCUT2D eigenvalue weighted by atomic mass is 9.93. The van der Waals surface area contributed by atoms with Crippen LogP contribution in [0.3, 0.4) is 0 Å². The number of sulfone groups is 1. The van der Waals surface area contributed by atoms with Gasteiger partial charge in [-0.3, -0.25) is 14.5 Å². The van der Waals surface area contributed by atoms with E-state index in [2.05, 4.69) is 5.32 Å². The van der Waals surface area contributed by atoms with Crippen LogP contribution in [0.2, 0.25) is 0 Å². The summed E-state index contributed by atoms with van der Waals surface area (Å²) >= 11 is 0. The van der Waals surface area contributed by atoms with Crippen molar-refractivity contribution in [1.29, 1.82) is 0 Å². The first kappa shape index (κ1) is 19.1. The number of benzene rings is 2. The van der Waals surface area contributed by atoms with Gasteiger partial charge in [0.05, 0.1) is 16.3 Å². The summed E-state index contributed by atoms with van der Waals surface area (Å²) in [6.45, 7) is 3.89. The van der Waals surface area contributed by atoms with E-state index in [1.165, 1.54) is 17.0 Å². The molecule has 2 atom stereocenters. The van der Waals surface area contributed by atoms with Crippen molar-refractivity contribution in [3.8, 4) is 0 Å². The van der Waals surface area contributed by atoms with Crippen molar-refractivity contribution in [3.63, 3.8) is 0 Å². The van der Waals surface area contributed by atoms with Gasteiger partial charge in [0.25, 0.3) is 5.91 Å². The summed E-state index contributed by atoms with van der Waals surface area (Å²) in [6, 6.07) is 12.5. The monoisotopic (exact) mass is 386 g/mol. The Hall–Kier alpha value is -2.67. The van der Waals surface area contributed by atoms with Crippen molar-refractivity contribution in [2.75, 3.05) is 16.5 Å². The Morgan fingerprint density at radius 1 is 1.19 bits per heavy atom. The molecule has 3 rings (SSSR count). The Morgan fingerprint density at radius 2 is 1.85 bits per heavy atom. The highest BCUT2D eigenvalue weighted by Crippen LogP contribution is 2.37. The lowest BCUT2D eigenvalue weighted by Gasteiger charge is -2.39. The summed E-state index contributed by atoms with van der Waals surface area (Å²) in [5.74, 6) is -0.670. The van der Waals surface area contributed by atoms with Crippen LogP contribution in [0.5, 0.6) is 0 Å². The molecule has 2 aromatic rings. The number of carbonyl (C=O) groups excluding carboxylic acids is 2. The normalized spacial score (nSPS) is 17.8. The molecule has 6 nitrogen and oxygen atoms in total. The number of nitrogens with one attached hydrogen (secondary N) is 1. The molecule has 0 unspecified atom stereocenters. The van der Waals surface area contributed by atoms with Gasteiger partial charge in [-0.25, -0.2) is 8.42 Å². The van der Waals surface area contributed by atoms with Crippen molar-refractivity contribution >= 4 is 33.0 Å². The first-order valence-corrected chi connectivity index (χ1v) is 10.7. The molecule has 1 aliphatic rings. The van der Waals surface area contributed by atoms with E-state index in [0.29, 0.717) is 23.4 Å².